The second-order valence-electron chi connectivity index (χ2n) is 3.77. The van der Waals surface area contributed by atoms with Crippen molar-refractivity contribution in [1.29, 1.82) is 0 Å². The molecule has 0 bridgehead atoms. The van der Waals surface area contributed by atoms with E-state index in [4.69, 9.17) is 10.8 Å². The summed E-state index contributed by atoms with van der Waals surface area (Å²) in [5.41, 5.74) is 7.69. The minimum atomic E-state index is 0.275. The summed E-state index contributed by atoms with van der Waals surface area (Å²) >= 11 is 0. The Kier molecular flexibility index (Phi) is 3.57. The number of rotatable bonds is 4. The third-order valence-electron chi connectivity index (χ3n) is 2.47. The number of nitrogens with two attached hydrogens (primary N) is 1. The first-order chi connectivity index (χ1) is 8.28. The standard InChI is InChI=1S/C13H15N3O/c14-8-11-5-6-15-13(7-11)16-9-10-1-3-12(17)4-2-10/h1-7,17H,8-9,14H2,(H,15,16). The van der Waals surface area contributed by atoms with E-state index in [0.29, 0.717) is 13.1 Å². The normalized spacial score (nSPS) is 10.2. The van der Waals surface area contributed by atoms with E-state index in [1.807, 2.05) is 24.3 Å². The number of pyridine rings is 1. The Morgan fingerprint density at radius 2 is 1.88 bits per heavy atom. The number of aromatic nitrogens is 1. The van der Waals surface area contributed by atoms with E-state index in [2.05, 4.69) is 10.3 Å². The molecule has 4 nitrogen and oxygen atoms in total. The zero-order valence-corrected chi connectivity index (χ0v) is 9.43. The number of benzene rings is 1. The molecule has 0 saturated carbocycles. The average molecular weight is 229 g/mol. The van der Waals surface area contributed by atoms with Crippen LogP contribution in [-0.4, -0.2) is 10.1 Å². The Balaban J connectivity index is 1.99. The summed E-state index contributed by atoms with van der Waals surface area (Å²) in [4.78, 5) is 4.20. The topological polar surface area (TPSA) is 71.2 Å². The van der Waals surface area contributed by atoms with Gasteiger partial charge in [-0.1, -0.05) is 12.1 Å². The maximum Gasteiger partial charge on any atom is 0.126 e. The van der Waals surface area contributed by atoms with Crippen molar-refractivity contribution in [3.8, 4) is 5.75 Å². The molecular weight excluding hydrogens is 214 g/mol. The van der Waals surface area contributed by atoms with E-state index in [0.717, 1.165) is 16.9 Å². The number of nitrogens with one attached hydrogen (secondary N) is 1. The molecule has 0 unspecified atom stereocenters. The van der Waals surface area contributed by atoms with Gasteiger partial charge < -0.3 is 16.2 Å². The highest BCUT2D eigenvalue weighted by Crippen LogP contribution is 2.12. The summed E-state index contributed by atoms with van der Waals surface area (Å²) in [5, 5.41) is 12.4. The summed E-state index contributed by atoms with van der Waals surface area (Å²) < 4.78 is 0. The Hall–Kier alpha value is -2.07. The van der Waals surface area contributed by atoms with Crippen molar-refractivity contribution in [2.75, 3.05) is 5.32 Å². The van der Waals surface area contributed by atoms with Crippen molar-refractivity contribution in [2.45, 2.75) is 13.1 Å². The summed E-state index contributed by atoms with van der Waals surface area (Å²) in [5.74, 6) is 1.08. The molecule has 0 aliphatic rings. The van der Waals surface area contributed by atoms with Crippen LogP contribution in [0.4, 0.5) is 5.82 Å². The second kappa shape index (κ2) is 5.32. The minimum absolute atomic E-state index is 0.275. The maximum absolute atomic E-state index is 9.16. The van der Waals surface area contributed by atoms with Crippen LogP contribution in [0.1, 0.15) is 11.1 Å². The molecule has 0 spiro atoms. The van der Waals surface area contributed by atoms with Crippen LogP contribution in [0.3, 0.4) is 0 Å². The number of anilines is 1. The molecule has 0 aliphatic carbocycles. The number of phenolic OH excluding ortho intramolecular Hbond substituents is 1. The molecule has 0 saturated heterocycles. The van der Waals surface area contributed by atoms with Gasteiger partial charge >= 0.3 is 0 Å². The zero-order valence-electron chi connectivity index (χ0n) is 9.43. The van der Waals surface area contributed by atoms with E-state index in [1.54, 1.807) is 18.3 Å². The quantitative estimate of drug-likeness (QED) is 0.748. The molecule has 17 heavy (non-hydrogen) atoms. The fraction of sp³-hybridized carbons (Fsp3) is 0.154. The van der Waals surface area contributed by atoms with Gasteiger partial charge in [0.05, 0.1) is 0 Å². The number of hydrogen-bond acceptors (Lipinski definition) is 4. The van der Waals surface area contributed by atoms with Crippen LogP contribution < -0.4 is 11.1 Å². The molecule has 1 aromatic heterocycles. The zero-order chi connectivity index (χ0) is 12.1. The second-order valence-corrected chi connectivity index (χ2v) is 3.77. The van der Waals surface area contributed by atoms with Gasteiger partial charge in [0.15, 0.2) is 0 Å². The van der Waals surface area contributed by atoms with Gasteiger partial charge in [0.25, 0.3) is 0 Å². The number of hydrogen-bond donors (Lipinski definition) is 3. The first kappa shape index (κ1) is 11.4. The number of nitrogens with zero attached hydrogens (tertiary/aromatic N) is 1. The van der Waals surface area contributed by atoms with E-state index in [9.17, 15) is 0 Å². The molecular formula is C13H15N3O. The van der Waals surface area contributed by atoms with Crippen LogP contribution >= 0.6 is 0 Å². The predicted molar refractivity (Wildman–Crippen MR) is 67.6 cm³/mol. The smallest absolute Gasteiger partial charge is 0.126 e. The van der Waals surface area contributed by atoms with Gasteiger partial charge in [-0.05, 0) is 35.4 Å². The fourth-order valence-corrected chi connectivity index (χ4v) is 1.50. The molecule has 4 heteroatoms. The minimum Gasteiger partial charge on any atom is -0.508 e. The lowest BCUT2D eigenvalue weighted by atomic mass is 10.2. The molecule has 1 heterocycles. The van der Waals surface area contributed by atoms with Gasteiger partial charge in [-0.15, -0.1) is 0 Å². The lowest BCUT2D eigenvalue weighted by Gasteiger charge is -2.06. The van der Waals surface area contributed by atoms with Crippen molar-refractivity contribution >= 4 is 5.82 Å². The molecule has 0 amide bonds. The van der Waals surface area contributed by atoms with Crippen molar-refractivity contribution in [3.05, 3.63) is 53.7 Å². The Morgan fingerprint density at radius 3 is 2.59 bits per heavy atom. The lowest BCUT2D eigenvalue weighted by Crippen LogP contribution is -2.03. The number of phenols is 1. The van der Waals surface area contributed by atoms with Crippen LogP contribution in [0.25, 0.3) is 0 Å². The third-order valence-corrected chi connectivity index (χ3v) is 2.47. The van der Waals surface area contributed by atoms with Crippen LogP contribution in [0, 0.1) is 0 Å². The van der Waals surface area contributed by atoms with E-state index in [1.165, 1.54) is 0 Å². The van der Waals surface area contributed by atoms with Crippen LogP contribution in [0.2, 0.25) is 0 Å². The van der Waals surface area contributed by atoms with Gasteiger partial charge in [-0.3, -0.25) is 0 Å². The van der Waals surface area contributed by atoms with Gasteiger partial charge in [-0.2, -0.15) is 0 Å². The first-order valence-electron chi connectivity index (χ1n) is 5.45. The van der Waals surface area contributed by atoms with Gasteiger partial charge in [0.2, 0.25) is 0 Å². The van der Waals surface area contributed by atoms with E-state index >= 15 is 0 Å². The van der Waals surface area contributed by atoms with Gasteiger partial charge in [-0.25, -0.2) is 4.98 Å². The first-order valence-corrected chi connectivity index (χ1v) is 5.45. The van der Waals surface area contributed by atoms with Crippen molar-refractivity contribution in [2.24, 2.45) is 5.73 Å². The Bertz CT molecular complexity index is 482. The highest BCUT2D eigenvalue weighted by Gasteiger charge is 1.97. The predicted octanol–water partition coefficient (Wildman–Crippen LogP) is 1.86. The van der Waals surface area contributed by atoms with Crippen molar-refractivity contribution in [3.63, 3.8) is 0 Å². The number of aromatic hydroxyl groups is 1. The summed E-state index contributed by atoms with van der Waals surface area (Å²) in [6.45, 7) is 1.18. The SMILES string of the molecule is NCc1ccnc(NCc2ccc(O)cc2)c1. The molecule has 0 aliphatic heterocycles. The monoisotopic (exact) mass is 229 g/mol. The molecule has 0 fully saturated rings. The molecule has 88 valence electrons. The Morgan fingerprint density at radius 1 is 1.12 bits per heavy atom. The van der Waals surface area contributed by atoms with Crippen LogP contribution in [0.5, 0.6) is 5.75 Å². The largest absolute Gasteiger partial charge is 0.508 e. The maximum atomic E-state index is 9.16. The summed E-state index contributed by atoms with van der Waals surface area (Å²) in [7, 11) is 0. The summed E-state index contributed by atoms with van der Waals surface area (Å²) in [6.07, 6.45) is 1.74. The van der Waals surface area contributed by atoms with Crippen LogP contribution in [-0.2, 0) is 13.1 Å². The molecule has 2 rings (SSSR count). The van der Waals surface area contributed by atoms with E-state index in [-0.39, 0.29) is 5.75 Å². The molecule has 4 N–H and O–H groups in total. The highest BCUT2D eigenvalue weighted by atomic mass is 16.3. The molecule has 0 atom stereocenters. The van der Waals surface area contributed by atoms with E-state index < -0.39 is 0 Å². The van der Waals surface area contributed by atoms with Crippen molar-refractivity contribution < 1.29 is 5.11 Å². The van der Waals surface area contributed by atoms with Gasteiger partial charge in [0, 0.05) is 19.3 Å². The average Bonchev–Trinajstić information content (AvgIpc) is 2.38. The fourth-order valence-electron chi connectivity index (χ4n) is 1.50. The molecule has 2 aromatic rings. The highest BCUT2D eigenvalue weighted by molar-refractivity contribution is 5.39. The molecule has 0 radical (unpaired) electrons. The Labute approximate surface area is 100 Å². The third kappa shape index (κ3) is 3.19. The lowest BCUT2D eigenvalue weighted by molar-refractivity contribution is 0.475. The summed E-state index contributed by atoms with van der Waals surface area (Å²) in [6, 6.07) is 10.9. The van der Waals surface area contributed by atoms with Crippen LogP contribution in [0.15, 0.2) is 42.6 Å². The van der Waals surface area contributed by atoms with Crippen molar-refractivity contribution in [1.82, 2.24) is 4.98 Å². The van der Waals surface area contributed by atoms with Gasteiger partial charge in [0.1, 0.15) is 11.6 Å². The molecule has 1 aromatic carbocycles.